The minimum Gasteiger partial charge on any atom is -0.493 e. The van der Waals surface area contributed by atoms with Crippen molar-refractivity contribution in [2.45, 2.75) is 6.92 Å². The lowest BCUT2D eigenvalue weighted by Crippen LogP contribution is -2.09. The zero-order chi connectivity index (χ0) is 10.6. The lowest BCUT2D eigenvalue weighted by molar-refractivity contribution is 0.274. The highest BCUT2D eigenvalue weighted by Crippen LogP contribution is 2.24. The summed E-state index contributed by atoms with van der Waals surface area (Å²) in [7, 11) is 0. The summed E-state index contributed by atoms with van der Waals surface area (Å²) in [6.07, 6.45) is 0. The van der Waals surface area contributed by atoms with E-state index in [2.05, 4.69) is 22.9 Å². The standard InChI is InChI=1S/C10H11BrCl2O/c1-7(5-11)6-14-10-3-8(12)2-9(13)4-10/h2-4,7H,5-6H2,1H3. The highest BCUT2D eigenvalue weighted by Gasteiger charge is 2.02. The van der Waals surface area contributed by atoms with Gasteiger partial charge in [0, 0.05) is 15.4 Å². The predicted molar refractivity (Wildman–Crippen MR) is 64.9 cm³/mol. The molecule has 1 atom stereocenters. The molecule has 0 fully saturated rings. The van der Waals surface area contributed by atoms with Gasteiger partial charge in [-0.1, -0.05) is 46.1 Å². The van der Waals surface area contributed by atoms with Crippen LogP contribution in [0.5, 0.6) is 5.75 Å². The average Bonchev–Trinajstić information content (AvgIpc) is 2.12. The van der Waals surface area contributed by atoms with Crippen LogP contribution in [0.3, 0.4) is 0 Å². The molecule has 78 valence electrons. The Morgan fingerprint density at radius 1 is 1.29 bits per heavy atom. The van der Waals surface area contributed by atoms with Crippen molar-refractivity contribution < 1.29 is 4.74 Å². The van der Waals surface area contributed by atoms with Gasteiger partial charge in [0.1, 0.15) is 5.75 Å². The van der Waals surface area contributed by atoms with Crippen molar-refractivity contribution in [3.05, 3.63) is 28.2 Å². The number of alkyl halides is 1. The second-order valence-corrected chi connectivity index (χ2v) is 4.70. The molecule has 0 N–H and O–H groups in total. The number of rotatable bonds is 4. The lowest BCUT2D eigenvalue weighted by Gasteiger charge is -2.10. The fourth-order valence-electron chi connectivity index (χ4n) is 0.895. The van der Waals surface area contributed by atoms with Gasteiger partial charge >= 0.3 is 0 Å². The van der Waals surface area contributed by atoms with Crippen LogP contribution in [0.25, 0.3) is 0 Å². The molecule has 1 aromatic rings. The molecule has 1 nitrogen and oxygen atoms in total. The number of halogens is 3. The molecular weight excluding hydrogens is 287 g/mol. The minimum atomic E-state index is 0.466. The van der Waals surface area contributed by atoms with Crippen LogP contribution in [0.1, 0.15) is 6.92 Å². The number of hydrogen-bond donors (Lipinski definition) is 0. The van der Waals surface area contributed by atoms with Crippen LogP contribution < -0.4 is 4.74 Å². The molecular formula is C10H11BrCl2O. The van der Waals surface area contributed by atoms with Crippen LogP contribution in [-0.2, 0) is 0 Å². The Bertz CT molecular complexity index is 284. The van der Waals surface area contributed by atoms with Crippen molar-refractivity contribution in [3.63, 3.8) is 0 Å². The lowest BCUT2D eigenvalue weighted by atomic mass is 10.2. The van der Waals surface area contributed by atoms with Gasteiger partial charge in [-0.25, -0.2) is 0 Å². The maximum absolute atomic E-state index is 5.83. The molecule has 0 aliphatic heterocycles. The van der Waals surface area contributed by atoms with E-state index in [1.165, 1.54) is 0 Å². The van der Waals surface area contributed by atoms with E-state index in [0.717, 1.165) is 11.1 Å². The molecule has 1 rings (SSSR count). The van der Waals surface area contributed by atoms with Gasteiger partial charge in [0.05, 0.1) is 6.61 Å². The molecule has 0 saturated carbocycles. The van der Waals surface area contributed by atoms with Crippen LogP contribution >= 0.6 is 39.1 Å². The molecule has 14 heavy (non-hydrogen) atoms. The Balaban J connectivity index is 2.58. The average molecular weight is 298 g/mol. The van der Waals surface area contributed by atoms with Gasteiger partial charge in [-0.3, -0.25) is 0 Å². The van der Waals surface area contributed by atoms with Crippen molar-refractivity contribution >= 4 is 39.1 Å². The first-order valence-corrected chi connectivity index (χ1v) is 6.14. The summed E-state index contributed by atoms with van der Waals surface area (Å²) in [6, 6.07) is 5.20. The molecule has 0 saturated heterocycles. The smallest absolute Gasteiger partial charge is 0.122 e. The molecule has 0 bridgehead atoms. The Kier molecular flexibility index (Phi) is 5.07. The fraction of sp³-hybridized carbons (Fsp3) is 0.400. The van der Waals surface area contributed by atoms with E-state index >= 15 is 0 Å². The summed E-state index contributed by atoms with van der Waals surface area (Å²) in [5.41, 5.74) is 0. The molecule has 0 radical (unpaired) electrons. The van der Waals surface area contributed by atoms with E-state index in [0.29, 0.717) is 22.6 Å². The third-order valence-electron chi connectivity index (χ3n) is 1.63. The van der Waals surface area contributed by atoms with Gasteiger partial charge in [-0.05, 0) is 24.1 Å². The normalized spacial score (nSPS) is 12.6. The zero-order valence-electron chi connectivity index (χ0n) is 7.77. The van der Waals surface area contributed by atoms with Gasteiger partial charge in [-0.2, -0.15) is 0 Å². The number of ether oxygens (including phenoxy) is 1. The van der Waals surface area contributed by atoms with Crippen molar-refractivity contribution in [2.75, 3.05) is 11.9 Å². The van der Waals surface area contributed by atoms with Crippen LogP contribution in [0, 0.1) is 5.92 Å². The van der Waals surface area contributed by atoms with Gasteiger partial charge < -0.3 is 4.74 Å². The summed E-state index contributed by atoms with van der Waals surface area (Å²) < 4.78 is 5.52. The van der Waals surface area contributed by atoms with Crippen LogP contribution in [0.4, 0.5) is 0 Å². The van der Waals surface area contributed by atoms with Crippen LogP contribution in [0.15, 0.2) is 18.2 Å². The highest BCUT2D eigenvalue weighted by atomic mass is 79.9. The first-order chi connectivity index (χ1) is 6.61. The fourth-order valence-corrected chi connectivity index (χ4v) is 1.59. The van der Waals surface area contributed by atoms with E-state index in [1.54, 1.807) is 18.2 Å². The molecule has 0 aliphatic rings. The molecule has 0 aromatic heterocycles. The Morgan fingerprint density at radius 2 is 1.86 bits per heavy atom. The van der Waals surface area contributed by atoms with E-state index in [1.807, 2.05) is 0 Å². The quantitative estimate of drug-likeness (QED) is 0.748. The summed E-state index contributed by atoms with van der Waals surface area (Å²) in [5.74, 6) is 1.18. The Labute approximate surface area is 102 Å². The zero-order valence-corrected chi connectivity index (χ0v) is 10.9. The molecule has 1 aromatic carbocycles. The topological polar surface area (TPSA) is 9.23 Å². The molecule has 4 heteroatoms. The monoisotopic (exact) mass is 296 g/mol. The number of hydrogen-bond acceptors (Lipinski definition) is 1. The van der Waals surface area contributed by atoms with Gasteiger partial charge in [0.15, 0.2) is 0 Å². The summed E-state index contributed by atoms with van der Waals surface area (Å²) in [4.78, 5) is 0. The summed E-state index contributed by atoms with van der Waals surface area (Å²) in [6.45, 7) is 2.75. The van der Waals surface area contributed by atoms with E-state index in [-0.39, 0.29) is 0 Å². The molecule has 0 spiro atoms. The second kappa shape index (κ2) is 5.84. The van der Waals surface area contributed by atoms with E-state index in [4.69, 9.17) is 27.9 Å². The van der Waals surface area contributed by atoms with E-state index < -0.39 is 0 Å². The van der Waals surface area contributed by atoms with E-state index in [9.17, 15) is 0 Å². The SMILES string of the molecule is CC(CBr)COc1cc(Cl)cc(Cl)c1. The Hall–Kier alpha value is 0.0800. The summed E-state index contributed by atoms with van der Waals surface area (Å²) >= 11 is 15.0. The predicted octanol–water partition coefficient (Wildman–Crippen LogP) is 4.40. The van der Waals surface area contributed by atoms with Gasteiger partial charge in [0.2, 0.25) is 0 Å². The molecule has 0 heterocycles. The van der Waals surface area contributed by atoms with Crippen molar-refractivity contribution in [1.82, 2.24) is 0 Å². The molecule has 0 aliphatic carbocycles. The second-order valence-electron chi connectivity index (χ2n) is 3.18. The number of benzene rings is 1. The van der Waals surface area contributed by atoms with Gasteiger partial charge in [0.25, 0.3) is 0 Å². The van der Waals surface area contributed by atoms with Crippen molar-refractivity contribution in [3.8, 4) is 5.75 Å². The largest absolute Gasteiger partial charge is 0.493 e. The third-order valence-corrected chi connectivity index (χ3v) is 3.18. The van der Waals surface area contributed by atoms with Gasteiger partial charge in [-0.15, -0.1) is 0 Å². The first-order valence-electron chi connectivity index (χ1n) is 4.26. The minimum absolute atomic E-state index is 0.466. The molecule has 0 amide bonds. The Morgan fingerprint density at radius 3 is 2.36 bits per heavy atom. The summed E-state index contributed by atoms with van der Waals surface area (Å²) in [5, 5.41) is 2.11. The first kappa shape index (κ1) is 12.2. The molecule has 1 unspecified atom stereocenters. The van der Waals surface area contributed by atoms with Crippen LogP contribution in [0.2, 0.25) is 10.0 Å². The maximum atomic E-state index is 5.83. The maximum Gasteiger partial charge on any atom is 0.122 e. The third kappa shape index (κ3) is 4.07. The van der Waals surface area contributed by atoms with Crippen LogP contribution in [-0.4, -0.2) is 11.9 Å². The van der Waals surface area contributed by atoms with Crippen molar-refractivity contribution in [1.29, 1.82) is 0 Å². The highest BCUT2D eigenvalue weighted by molar-refractivity contribution is 9.09. The van der Waals surface area contributed by atoms with Crippen molar-refractivity contribution in [2.24, 2.45) is 5.92 Å².